The second-order valence-electron chi connectivity index (χ2n) is 4.26. The predicted molar refractivity (Wildman–Crippen MR) is 72.3 cm³/mol. The second-order valence-corrected chi connectivity index (χ2v) is 4.67. The molecule has 2 heterocycles. The number of rotatable bonds is 1. The maximum absolute atomic E-state index is 5.09. The Kier molecular flexibility index (Phi) is 2.19. The number of hydrogen-bond acceptors (Lipinski definition) is 1. The van der Waals surface area contributed by atoms with Crippen molar-refractivity contribution in [3.63, 3.8) is 0 Å². The monoisotopic (exact) mass is 243 g/mol. The average molecular weight is 243 g/mol. The number of aromatic amines is 2. The number of H-pyrrole nitrogens is 2. The van der Waals surface area contributed by atoms with Gasteiger partial charge in [0.25, 0.3) is 0 Å². The molecule has 0 unspecified atom stereocenters. The summed E-state index contributed by atoms with van der Waals surface area (Å²) < 4.78 is 2.89. The minimum atomic E-state index is 0.665. The van der Waals surface area contributed by atoms with Gasteiger partial charge in [0.15, 0.2) is 4.77 Å². The first kappa shape index (κ1) is 10.4. The number of nitrogens with one attached hydrogen (secondary N) is 2. The Hall–Kier alpha value is -1.81. The van der Waals surface area contributed by atoms with Crippen LogP contribution in [0.25, 0.3) is 16.7 Å². The van der Waals surface area contributed by atoms with Crippen LogP contribution in [0.4, 0.5) is 0 Å². The number of aromatic nitrogens is 3. The maximum atomic E-state index is 5.09. The van der Waals surface area contributed by atoms with E-state index in [0.29, 0.717) is 4.77 Å². The van der Waals surface area contributed by atoms with Crippen molar-refractivity contribution in [2.24, 2.45) is 0 Å². The Morgan fingerprint density at radius 3 is 2.29 bits per heavy atom. The lowest BCUT2D eigenvalue weighted by Gasteiger charge is -2.09. The highest BCUT2D eigenvalue weighted by Crippen LogP contribution is 2.20. The van der Waals surface area contributed by atoms with Gasteiger partial charge in [0, 0.05) is 17.1 Å². The molecule has 0 spiro atoms. The van der Waals surface area contributed by atoms with Gasteiger partial charge in [-0.05, 0) is 56.4 Å². The fourth-order valence-electron chi connectivity index (χ4n) is 2.24. The predicted octanol–water partition coefficient (Wildman–Crippen LogP) is 3.63. The molecule has 2 N–H and O–H groups in total. The van der Waals surface area contributed by atoms with E-state index >= 15 is 0 Å². The summed E-state index contributed by atoms with van der Waals surface area (Å²) in [5, 5.41) is 0. The molecule has 0 amide bonds. The SMILES string of the molecule is Cc1ccc(C)n1-c1ccc2[nH]c(=S)[nH]c2c1. The molecule has 4 heteroatoms. The summed E-state index contributed by atoms with van der Waals surface area (Å²) >= 11 is 5.09. The quantitative estimate of drug-likeness (QED) is 0.629. The zero-order chi connectivity index (χ0) is 12.0. The fourth-order valence-corrected chi connectivity index (χ4v) is 2.46. The molecule has 0 saturated heterocycles. The normalized spacial score (nSPS) is 11.2. The third-order valence-electron chi connectivity index (χ3n) is 3.03. The summed E-state index contributed by atoms with van der Waals surface area (Å²) in [4.78, 5) is 6.26. The van der Waals surface area contributed by atoms with E-state index in [1.165, 1.54) is 11.4 Å². The van der Waals surface area contributed by atoms with E-state index in [1.807, 2.05) is 0 Å². The molecule has 3 aromatic rings. The third-order valence-corrected chi connectivity index (χ3v) is 3.23. The first-order valence-electron chi connectivity index (χ1n) is 5.52. The van der Waals surface area contributed by atoms with Crippen molar-refractivity contribution in [2.45, 2.75) is 13.8 Å². The molecular weight excluding hydrogens is 230 g/mol. The molecule has 86 valence electrons. The van der Waals surface area contributed by atoms with Gasteiger partial charge in [0.05, 0.1) is 11.0 Å². The van der Waals surface area contributed by atoms with Gasteiger partial charge >= 0.3 is 0 Å². The Morgan fingerprint density at radius 1 is 0.941 bits per heavy atom. The average Bonchev–Trinajstić information content (AvgIpc) is 2.80. The van der Waals surface area contributed by atoms with E-state index in [0.717, 1.165) is 16.7 Å². The lowest BCUT2D eigenvalue weighted by molar-refractivity contribution is 0.967. The van der Waals surface area contributed by atoms with Crippen molar-refractivity contribution in [1.29, 1.82) is 0 Å². The number of hydrogen-bond donors (Lipinski definition) is 2. The highest BCUT2D eigenvalue weighted by Gasteiger charge is 2.05. The van der Waals surface area contributed by atoms with Crippen LogP contribution in [0, 0.1) is 18.6 Å². The molecule has 17 heavy (non-hydrogen) atoms. The van der Waals surface area contributed by atoms with E-state index in [1.54, 1.807) is 0 Å². The molecule has 0 saturated carbocycles. The standard InChI is InChI=1S/C13H13N3S/c1-8-3-4-9(2)16(8)10-5-6-11-12(7-10)15-13(17)14-11/h3-7H,1-2H3,(H2,14,15,17). The van der Waals surface area contributed by atoms with Gasteiger partial charge < -0.3 is 14.5 Å². The molecule has 2 aromatic heterocycles. The number of aryl methyl sites for hydroxylation is 2. The molecule has 0 bridgehead atoms. The molecule has 3 nitrogen and oxygen atoms in total. The molecule has 0 aliphatic heterocycles. The summed E-state index contributed by atoms with van der Waals surface area (Å²) in [7, 11) is 0. The highest BCUT2D eigenvalue weighted by atomic mass is 32.1. The van der Waals surface area contributed by atoms with Crippen molar-refractivity contribution >= 4 is 23.3 Å². The third kappa shape index (κ3) is 1.61. The van der Waals surface area contributed by atoms with Crippen molar-refractivity contribution in [2.75, 3.05) is 0 Å². The molecule has 3 rings (SSSR count). The van der Waals surface area contributed by atoms with Crippen molar-refractivity contribution in [3.8, 4) is 5.69 Å². The Bertz CT molecular complexity index is 726. The molecule has 0 radical (unpaired) electrons. The molecule has 0 atom stereocenters. The molecule has 1 aromatic carbocycles. The van der Waals surface area contributed by atoms with E-state index in [4.69, 9.17) is 12.2 Å². The number of imidazole rings is 1. The number of benzene rings is 1. The van der Waals surface area contributed by atoms with E-state index in [9.17, 15) is 0 Å². The van der Waals surface area contributed by atoms with E-state index < -0.39 is 0 Å². The van der Waals surface area contributed by atoms with Crippen LogP contribution in [0.3, 0.4) is 0 Å². The summed E-state index contributed by atoms with van der Waals surface area (Å²) in [6, 6.07) is 10.5. The van der Waals surface area contributed by atoms with Gasteiger partial charge in [-0.3, -0.25) is 0 Å². The van der Waals surface area contributed by atoms with Crippen LogP contribution in [-0.4, -0.2) is 14.5 Å². The van der Waals surface area contributed by atoms with Gasteiger partial charge in [-0.2, -0.15) is 0 Å². The van der Waals surface area contributed by atoms with Gasteiger partial charge in [0.1, 0.15) is 0 Å². The largest absolute Gasteiger partial charge is 0.331 e. The molecule has 0 aliphatic rings. The Balaban J connectivity index is 2.27. The lowest BCUT2D eigenvalue weighted by Crippen LogP contribution is -1.98. The zero-order valence-electron chi connectivity index (χ0n) is 9.74. The number of nitrogens with zero attached hydrogens (tertiary/aromatic N) is 1. The van der Waals surface area contributed by atoms with Crippen LogP contribution < -0.4 is 0 Å². The van der Waals surface area contributed by atoms with Crippen LogP contribution in [0.15, 0.2) is 30.3 Å². The first-order chi connectivity index (χ1) is 8.15. The molecular formula is C13H13N3S. The lowest BCUT2D eigenvalue weighted by atomic mass is 10.2. The van der Waals surface area contributed by atoms with Gasteiger partial charge in [-0.1, -0.05) is 0 Å². The van der Waals surface area contributed by atoms with Crippen molar-refractivity contribution in [3.05, 3.63) is 46.5 Å². The van der Waals surface area contributed by atoms with Crippen LogP contribution in [0.1, 0.15) is 11.4 Å². The zero-order valence-corrected chi connectivity index (χ0v) is 10.6. The highest BCUT2D eigenvalue weighted by molar-refractivity contribution is 7.71. The van der Waals surface area contributed by atoms with Crippen LogP contribution in [0.2, 0.25) is 0 Å². The fraction of sp³-hybridized carbons (Fsp3) is 0.154. The molecule has 0 fully saturated rings. The van der Waals surface area contributed by atoms with Crippen LogP contribution >= 0.6 is 12.2 Å². The van der Waals surface area contributed by atoms with Crippen molar-refractivity contribution < 1.29 is 0 Å². The van der Waals surface area contributed by atoms with Crippen LogP contribution in [0.5, 0.6) is 0 Å². The second kappa shape index (κ2) is 3.60. The minimum Gasteiger partial charge on any atom is -0.331 e. The topological polar surface area (TPSA) is 36.5 Å². The molecule has 0 aliphatic carbocycles. The van der Waals surface area contributed by atoms with Crippen LogP contribution in [-0.2, 0) is 0 Å². The number of fused-ring (bicyclic) bond motifs is 1. The summed E-state index contributed by atoms with van der Waals surface area (Å²) in [5.41, 5.74) is 5.70. The van der Waals surface area contributed by atoms with Gasteiger partial charge in [-0.25, -0.2) is 0 Å². The first-order valence-corrected chi connectivity index (χ1v) is 5.93. The smallest absolute Gasteiger partial charge is 0.175 e. The summed E-state index contributed by atoms with van der Waals surface area (Å²) in [5.74, 6) is 0. The maximum Gasteiger partial charge on any atom is 0.175 e. The van der Waals surface area contributed by atoms with E-state index in [2.05, 4.69) is 58.7 Å². The summed E-state index contributed by atoms with van der Waals surface area (Å²) in [6.45, 7) is 4.22. The minimum absolute atomic E-state index is 0.665. The van der Waals surface area contributed by atoms with Gasteiger partial charge in [0.2, 0.25) is 0 Å². The van der Waals surface area contributed by atoms with Crippen molar-refractivity contribution in [1.82, 2.24) is 14.5 Å². The van der Waals surface area contributed by atoms with E-state index in [-0.39, 0.29) is 0 Å². The summed E-state index contributed by atoms with van der Waals surface area (Å²) in [6.07, 6.45) is 0. The Morgan fingerprint density at radius 2 is 1.59 bits per heavy atom. The Labute approximate surface area is 104 Å². The van der Waals surface area contributed by atoms with Gasteiger partial charge in [-0.15, -0.1) is 0 Å².